The summed E-state index contributed by atoms with van der Waals surface area (Å²) < 4.78 is 0. The lowest BCUT2D eigenvalue weighted by Gasteiger charge is -2.61. The Kier molecular flexibility index (Phi) is 4.22. The van der Waals surface area contributed by atoms with Gasteiger partial charge in [-0.15, -0.1) is 0 Å². The van der Waals surface area contributed by atoms with E-state index in [4.69, 9.17) is 0 Å². The summed E-state index contributed by atoms with van der Waals surface area (Å²) in [4.78, 5) is 24.2. The lowest BCUT2D eigenvalue weighted by molar-refractivity contribution is -0.191. The van der Waals surface area contributed by atoms with E-state index >= 15 is 0 Å². The summed E-state index contributed by atoms with van der Waals surface area (Å²) in [6, 6.07) is 0. The molecule has 4 rings (SSSR count). The molecule has 6 atom stereocenters. The highest BCUT2D eigenvalue weighted by Crippen LogP contribution is 2.68. The van der Waals surface area contributed by atoms with Gasteiger partial charge in [0.25, 0.3) is 0 Å². The molecule has 5 nitrogen and oxygen atoms in total. The van der Waals surface area contributed by atoms with Gasteiger partial charge in [-0.05, 0) is 62.9 Å². The highest BCUT2D eigenvalue weighted by Gasteiger charge is 2.68. The molecule has 0 amide bonds. The molecule has 0 unspecified atom stereocenters. The first kappa shape index (κ1) is 18.3. The Morgan fingerprint density at radius 2 is 1.88 bits per heavy atom. The maximum absolute atomic E-state index is 12.3. The molecule has 0 spiro atoms. The molecule has 0 heterocycles. The number of rotatable bonds is 3. The second-order valence-corrected chi connectivity index (χ2v) is 9.30. The maximum atomic E-state index is 12.3. The lowest BCUT2D eigenvalue weighted by atomic mass is 9.45. The van der Waals surface area contributed by atoms with Crippen molar-refractivity contribution in [3.63, 3.8) is 0 Å². The molecular formula is C21H30O5. The topological polar surface area (TPSA) is 94.8 Å². The highest BCUT2D eigenvalue weighted by molar-refractivity contribution is 5.91. The van der Waals surface area contributed by atoms with Gasteiger partial charge in [-0.25, -0.2) is 0 Å². The van der Waals surface area contributed by atoms with Gasteiger partial charge in [0, 0.05) is 23.2 Å². The van der Waals surface area contributed by atoms with Crippen molar-refractivity contribution in [2.24, 2.45) is 28.6 Å². The van der Waals surface area contributed by atoms with Gasteiger partial charge < -0.3 is 15.3 Å². The first-order chi connectivity index (χ1) is 12.3. The number of hydrogen-bond acceptors (Lipinski definition) is 5. The number of aliphatic hydroxyl groups excluding tert-OH is 2. The zero-order valence-corrected chi connectivity index (χ0v) is 15.5. The molecule has 0 radical (unpaired) electrons. The number of carbonyl (C=O) groups excluding carboxylic acids is 2. The van der Waals surface area contributed by atoms with Gasteiger partial charge in [0.15, 0.2) is 11.6 Å². The molecule has 0 aromatic heterocycles. The average Bonchev–Trinajstić information content (AvgIpc) is 2.92. The molecular weight excluding hydrogens is 332 g/mol. The Balaban J connectivity index is 1.73. The van der Waals surface area contributed by atoms with Crippen LogP contribution in [0.5, 0.6) is 0 Å². The third-order valence-corrected chi connectivity index (χ3v) is 8.70. The van der Waals surface area contributed by atoms with Crippen molar-refractivity contribution in [3.05, 3.63) is 11.6 Å². The minimum absolute atomic E-state index is 0.0269. The van der Waals surface area contributed by atoms with Crippen molar-refractivity contribution in [2.75, 3.05) is 13.2 Å². The molecule has 0 bridgehead atoms. The molecule has 4 aliphatic carbocycles. The van der Waals surface area contributed by atoms with Gasteiger partial charge in [0.2, 0.25) is 0 Å². The largest absolute Gasteiger partial charge is 0.395 e. The van der Waals surface area contributed by atoms with Crippen LogP contribution in [0.2, 0.25) is 0 Å². The minimum atomic E-state index is -0.930. The SMILES string of the molecule is C[C@]12CC[C@@H]3[C@H](CCC4=CC(=O)CC[C@@]43CO)[C@@]1(O)CC[C@H]2C(=O)CO. The van der Waals surface area contributed by atoms with Crippen LogP contribution in [0.4, 0.5) is 0 Å². The summed E-state index contributed by atoms with van der Waals surface area (Å²) in [6.45, 7) is 1.59. The summed E-state index contributed by atoms with van der Waals surface area (Å²) in [5, 5.41) is 31.5. The molecule has 5 heteroatoms. The summed E-state index contributed by atoms with van der Waals surface area (Å²) in [5.74, 6) is -0.0972. The molecule has 0 aliphatic heterocycles. The van der Waals surface area contributed by atoms with E-state index in [0.29, 0.717) is 25.7 Å². The fourth-order valence-electron chi connectivity index (χ4n) is 7.26. The summed E-state index contributed by atoms with van der Waals surface area (Å²) in [5.41, 5.74) is -0.741. The third-order valence-electron chi connectivity index (χ3n) is 8.70. The average molecular weight is 362 g/mol. The molecule has 4 aliphatic rings. The van der Waals surface area contributed by atoms with Crippen molar-refractivity contribution in [2.45, 2.75) is 63.9 Å². The Labute approximate surface area is 154 Å². The van der Waals surface area contributed by atoms with E-state index in [0.717, 1.165) is 31.3 Å². The summed E-state index contributed by atoms with van der Waals surface area (Å²) >= 11 is 0. The second kappa shape index (κ2) is 5.98. The van der Waals surface area contributed by atoms with Crippen LogP contribution in [-0.4, -0.2) is 45.7 Å². The van der Waals surface area contributed by atoms with Crippen molar-refractivity contribution < 1.29 is 24.9 Å². The minimum Gasteiger partial charge on any atom is -0.395 e. The van der Waals surface area contributed by atoms with Crippen LogP contribution in [0.15, 0.2) is 11.6 Å². The van der Waals surface area contributed by atoms with E-state index in [1.165, 1.54) is 0 Å². The lowest BCUT2D eigenvalue weighted by Crippen LogP contribution is -2.62. The van der Waals surface area contributed by atoms with Gasteiger partial charge in [-0.3, -0.25) is 9.59 Å². The van der Waals surface area contributed by atoms with Gasteiger partial charge >= 0.3 is 0 Å². The van der Waals surface area contributed by atoms with E-state index < -0.39 is 17.6 Å². The monoisotopic (exact) mass is 362 g/mol. The molecule has 26 heavy (non-hydrogen) atoms. The van der Waals surface area contributed by atoms with E-state index in [2.05, 4.69) is 0 Å². The second-order valence-electron chi connectivity index (χ2n) is 9.30. The van der Waals surface area contributed by atoms with Crippen LogP contribution in [0, 0.1) is 28.6 Å². The predicted molar refractivity (Wildman–Crippen MR) is 95.2 cm³/mol. The third kappa shape index (κ3) is 2.14. The fraction of sp³-hybridized carbons (Fsp3) is 0.810. The number of Topliss-reactive ketones (excluding diaryl/α,β-unsaturated/α-hetero) is 1. The Hall–Kier alpha value is -1.04. The van der Waals surface area contributed by atoms with Crippen LogP contribution in [0.25, 0.3) is 0 Å². The number of hydrogen-bond donors (Lipinski definition) is 3. The molecule has 3 fully saturated rings. The number of aliphatic hydroxyl groups is 3. The van der Waals surface area contributed by atoms with Crippen molar-refractivity contribution >= 4 is 11.6 Å². The maximum Gasteiger partial charge on any atom is 0.161 e. The number of carbonyl (C=O) groups is 2. The van der Waals surface area contributed by atoms with Crippen LogP contribution in [0.3, 0.4) is 0 Å². The van der Waals surface area contributed by atoms with E-state index in [1.54, 1.807) is 6.08 Å². The van der Waals surface area contributed by atoms with E-state index in [1.807, 2.05) is 6.92 Å². The van der Waals surface area contributed by atoms with Gasteiger partial charge in [-0.2, -0.15) is 0 Å². The Morgan fingerprint density at radius 1 is 1.12 bits per heavy atom. The van der Waals surface area contributed by atoms with Crippen molar-refractivity contribution in [3.8, 4) is 0 Å². The quantitative estimate of drug-likeness (QED) is 0.711. The molecule has 0 aromatic rings. The van der Waals surface area contributed by atoms with E-state index in [-0.39, 0.29) is 41.3 Å². The molecule has 144 valence electrons. The molecule has 3 saturated carbocycles. The van der Waals surface area contributed by atoms with Crippen molar-refractivity contribution in [1.82, 2.24) is 0 Å². The fourth-order valence-corrected chi connectivity index (χ4v) is 7.26. The van der Waals surface area contributed by atoms with Gasteiger partial charge in [-0.1, -0.05) is 12.5 Å². The first-order valence-corrected chi connectivity index (χ1v) is 10.0. The summed E-state index contributed by atoms with van der Waals surface area (Å²) in [6.07, 6.45) is 7.22. The molecule has 0 saturated heterocycles. The van der Waals surface area contributed by atoms with Crippen LogP contribution >= 0.6 is 0 Å². The predicted octanol–water partition coefficient (Wildman–Crippen LogP) is 1.78. The van der Waals surface area contributed by atoms with Crippen molar-refractivity contribution in [1.29, 1.82) is 0 Å². The molecule has 0 aromatic carbocycles. The first-order valence-electron chi connectivity index (χ1n) is 10.0. The zero-order valence-electron chi connectivity index (χ0n) is 15.5. The molecule has 3 N–H and O–H groups in total. The van der Waals surface area contributed by atoms with Crippen LogP contribution < -0.4 is 0 Å². The van der Waals surface area contributed by atoms with Crippen LogP contribution in [-0.2, 0) is 9.59 Å². The smallest absolute Gasteiger partial charge is 0.161 e. The van der Waals surface area contributed by atoms with Gasteiger partial charge in [0.05, 0.1) is 12.2 Å². The Morgan fingerprint density at radius 3 is 2.58 bits per heavy atom. The summed E-state index contributed by atoms with van der Waals surface area (Å²) in [7, 11) is 0. The number of fused-ring (bicyclic) bond motifs is 5. The van der Waals surface area contributed by atoms with Gasteiger partial charge in [0.1, 0.15) is 6.61 Å². The van der Waals surface area contributed by atoms with Crippen LogP contribution in [0.1, 0.15) is 58.3 Å². The normalized spacial score (nSPS) is 47.6. The van der Waals surface area contributed by atoms with E-state index in [9.17, 15) is 24.9 Å². The standard InChI is InChI=1S/C21H30O5/c1-19-7-5-15-16(21(19,26)9-6-17(19)18(25)11-22)3-2-13-10-14(24)4-8-20(13,15)12-23/h10,15-17,22-23,26H,2-9,11-12H2,1H3/t15-,16+,17+,19-,20-,21+/m1/s1. The highest BCUT2D eigenvalue weighted by atomic mass is 16.3. The zero-order chi connectivity index (χ0) is 18.7. The Bertz CT molecular complexity index is 669. The number of ketones is 2.